The van der Waals surface area contributed by atoms with Crippen LogP contribution in [0.4, 0.5) is 5.69 Å². The lowest BCUT2D eigenvalue weighted by molar-refractivity contribution is 0.580. The molecule has 1 saturated heterocycles. The summed E-state index contributed by atoms with van der Waals surface area (Å²) in [4.78, 5) is 0.172. The number of anilines is 1. The molecule has 2 aromatic rings. The van der Waals surface area contributed by atoms with Crippen molar-refractivity contribution >= 4 is 25.5 Å². The second kappa shape index (κ2) is 6.70. The van der Waals surface area contributed by atoms with Gasteiger partial charge in [-0.05, 0) is 62.6 Å². The maximum absolute atomic E-state index is 13.4. The Labute approximate surface area is 155 Å². The monoisotopic (exact) mass is 393 g/mol. The summed E-state index contributed by atoms with van der Waals surface area (Å²) < 4.78 is 52.0. The SMILES string of the molecule is Cc1ccc(S(=O)(=O)N(c2ccc(C)c(C)c2)[C@H]2CCS(=O)(=O)C2)cc1. The predicted octanol–water partition coefficient (Wildman–Crippen LogP) is 2.99. The van der Waals surface area contributed by atoms with Crippen LogP contribution in [0, 0.1) is 20.8 Å². The van der Waals surface area contributed by atoms with Crippen LogP contribution in [0.15, 0.2) is 47.4 Å². The van der Waals surface area contributed by atoms with Gasteiger partial charge < -0.3 is 0 Å². The van der Waals surface area contributed by atoms with Crippen LogP contribution < -0.4 is 4.31 Å². The molecule has 0 unspecified atom stereocenters. The van der Waals surface area contributed by atoms with Crippen LogP contribution in [0.1, 0.15) is 23.1 Å². The minimum Gasteiger partial charge on any atom is -0.262 e. The summed E-state index contributed by atoms with van der Waals surface area (Å²) in [5.74, 6) is -0.132. The fourth-order valence-electron chi connectivity index (χ4n) is 3.19. The summed E-state index contributed by atoms with van der Waals surface area (Å²) >= 11 is 0. The molecule has 1 fully saturated rings. The first-order chi connectivity index (χ1) is 12.1. The molecule has 0 aromatic heterocycles. The number of sulfone groups is 1. The van der Waals surface area contributed by atoms with Crippen molar-refractivity contribution in [2.75, 3.05) is 15.8 Å². The number of aryl methyl sites for hydroxylation is 3. The molecule has 0 saturated carbocycles. The smallest absolute Gasteiger partial charge is 0.262 e. The molecule has 0 N–H and O–H groups in total. The summed E-state index contributed by atoms with van der Waals surface area (Å²) in [6.45, 7) is 5.76. The highest BCUT2D eigenvalue weighted by Gasteiger charge is 2.39. The standard InChI is InChI=1S/C19H23NO4S2/c1-14-4-8-19(9-5-14)26(23,24)20(18-10-11-25(21,22)13-18)17-7-6-15(2)16(3)12-17/h4-9,12,18H,10-11,13H2,1-3H3/t18-/m0/s1. The molecule has 1 aliphatic heterocycles. The molecule has 0 radical (unpaired) electrons. The van der Waals surface area contributed by atoms with Crippen LogP contribution in [0.2, 0.25) is 0 Å². The molecular formula is C19H23NO4S2. The average molecular weight is 394 g/mol. The van der Waals surface area contributed by atoms with Gasteiger partial charge in [0.05, 0.1) is 28.1 Å². The van der Waals surface area contributed by atoms with E-state index in [0.29, 0.717) is 12.1 Å². The molecule has 140 valence electrons. The number of benzene rings is 2. The van der Waals surface area contributed by atoms with Gasteiger partial charge in [-0.25, -0.2) is 16.8 Å². The van der Waals surface area contributed by atoms with E-state index >= 15 is 0 Å². The molecule has 26 heavy (non-hydrogen) atoms. The fourth-order valence-corrected chi connectivity index (χ4v) is 6.66. The summed E-state index contributed by atoms with van der Waals surface area (Å²) in [7, 11) is -7.09. The van der Waals surface area contributed by atoms with E-state index in [0.717, 1.165) is 16.7 Å². The Morgan fingerprint density at radius 2 is 1.62 bits per heavy atom. The second-order valence-corrected chi connectivity index (χ2v) is 11.0. The zero-order valence-electron chi connectivity index (χ0n) is 15.1. The van der Waals surface area contributed by atoms with Crippen LogP contribution >= 0.6 is 0 Å². The highest BCUT2D eigenvalue weighted by Crippen LogP contribution is 2.32. The van der Waals surface area contributed by atoms with E-state index in [1.807, 2.05) is 32.9 Å². The first kappa shape index (κ1) is 18.9. The maximum Gasteiger partial charge on any atom is 0.264 e. The van der Waals surface area contributed by atoms with Crippen LogP contribution in [-0.4, -0.2) is 34.4 Å². The van der Waals surface area contributed by atoms with Crippen molar-refractivity contribution in [3.8, 4) is 0 Å². The predicted molar refractivity (Wildman–Crippen MR) is 104 cm³/mol. The van der Waals surface area contributed by atoms with Crippen molar-refractivity contribution in [1.29, 1.82) is 0 Å². The molecule has 0 amide bonds. The Kier molecular flexibility index (Phi) is 4.88. The average Bonchev–Trinajstić information content (AvgIpc) is 2.90. The van der Waals surface area contributed by atoms with Gasteiger partial charge in [-0.15, -0.1) is 0 Å². The van der Waals surface area contributed by atoms with Gasteiger partial charge in [0.25, 0.3) is 10.0 Å². The van der Waals surface area contributed by atoms with Crippen LogP contribution in [0.3, 0.4) is 0 Å². The number of nitrogens with zero attached hydrogens (tertiary/aromatic N) is 1. The van der Waals surface area contributed by atoms with E-state index in [2.05, 4.69) is 0 Å². The van der Waals surface area contributed by atoms with Gasteiger partial charge in [-0.1, -0.05) is 23.8 Å². The number of hydrogen-bond acceptors (Lipinski definition) is 4. The van der Waals surface area contributed by atoms with Gasteiger partial charge in [0.15, 0.2) is 9.84 Å². The van der Waals surface area contributed by atoms with Crippen LogP contribution in [-0.2, 0) is 19.9 Å². The van der Waals surface area contributed by atoms with Gasteiger partial charge in [0, 0.05) is 0 Å². The number of sulfonamides is 1. The van der Waals surface area contributed by atoms with Crippen LogP contribution in [0.5, 0.6) is 0 Å². The van der Waals surface area contributed by atoms with Gasteiger partial charge in [0.1, 0.15) is 0 Å². The second-order valence-electron chi connectivity index (χ2n) is 6.94. The third kappa shape index (κ3) is 3.64. The van der Waals surface area contributed by atoms with Gasteiger partial charge >= 0.3 is 0 Å². The zero-order valence-corrected chi connectivity index (χ0v) is 16.8. The summed E-state index contributed by atoms with van der Waals surface area (Å²) in [6, 6.07) is 11.5. The Hall–Kier alpha value is -1.86. The van der Waals surface area contributed by atoms with Crippen LogP contribution in [0.25, 0.3) is 0 Å². The molecule has 7 heteroatoms. The molecule has 5 nitrogen and oxygen atoms in total. The molecule has 2 aromatic carbocycles. The first-order valence-electron chi connectivity index (χ1n) is 8.49. The zero-order chi connectivity index (χ0) is 19.1. The van der Waals surface area contributed by atoms with E-state index in [1.54, 1.807) is 30.3 Å². The molecule has 0 spiro atoms. The third-order valence-corrected chi connectivity index (χ3v) is 8.51. The molecule has 0 bridgehead atoms. The van der Waals surface area contributed by atoms with Gasteiger partial charge in [0.2, 0.25) is 0 Å². The van der Waals surface area contributed by atoms with Crippen molar-refractivity contribution < 1.29 is 16.8 Å². The van der Waals surface area contributed by atoms with E-state index in [-0.39, 0.29) is 16.4 Å². The Morgan fingerprint density at radius 1 is 0.962 bits per heavy atom. The number of hydrogen-bond donors (Lipinski definition) is 0. The highest BCUT2D eigenvalue weighted by molar-refractivity contribution is 7.93. The van der Waals surface area contributed by atoms with Gasteiger partial charge in [-0.2, -0.15) is 0 Å². The van der Waals surface area contributed by atoms with E-state index in [1.165, 1.54) is 4.31 Å². The molecular weight excluding hydrogens is 370 g/mol. The topological polar surface area (TPSA) is 71.5 Å². The molecule has 0 aliphatic carbocycles. The Balaban J connectivity index is 2.13. The van der Waals surface area contributed by atoms with E-state index in [4.69, 9.17) is 0 Å². The van der Waals surface area contributed by atoms with Crippen molar-refractivity contribution in [3.05, 3.63) is 59.2 Å². The molecule has 1 atom stereocenters. The lowest BCUT2D eigenvalue weighted by Crippen LogP contribution is -2.41. The van der Waals surface area contributed by atoms with E-state index < -0.39 is 25.9 Å². The quantitative estimate of drug-likeness (QED) is 0.801. The van der Waals surface area contributed by atoms with Crippen molar-refractivity contribution in [2.24, 2.45) is 0 Å². The Bertz CT molecular complexity index is 1030. The molecule has 3 rings (SSSR count). The highest BCUT2D eigenvalue weighted by atomic mass is 32.2. The number of rotatable bonds is 4. The van der Waals surface area contributed by atoms with Crippen molar-refractivity contribution in [2.45, 2.75) is 38.1 Å². The van der Waals surface area contributed by atoms with E-state index in [9.17, 15) is 16.8 Å². The maximum atomic E-state index is 13.4. The molecule has 1 heterocycles. The normalized spacial score (nSPS) is 19.4. The van der Waals surface area contributed by atoms with Crippen molar-refractivity contribution in [1.82, 2.24) is 0 Å². The lowest BCUT2D eigenvalue weighted by Gasteiger charge is -2.30. The van der Waals surface area contributed by atoms with Gasteiger partial charge in [-0.3, -0.25) is 4.31 Å². The first-order valence-corrected chi connectivity index (χ1v) is 11.7. The minimum atomic E-state index is -3.87. The summed E-state index contributed by atoms with van der Waals surface area (Å²) in [6.07, 6.45) is 0.306. The molecule has 1 aliphatic rings. The summed E-state index contributed by atoms with van der Waals surface area (Å²) in [5, 5.41) is 0. The Morgan fingerprint density at radius 3 is 2.15 bits per heavy atom. The summed E-state index contributed by atoms with van der Waals surface area (Å²) in [5.41, 5.74) is 3.49. The lowest BCUT2D eigenvalue weighted by atomic mass is 10.1. The largest absolute Gasteiger partial charge is 0.264 e. The van der Waals surface area contributed by atoms with Crippen molar-refractivity contribution in [3.63, 3.8) is 0 Å². The minimum absolute atomic E-state index is 0.0163. The third-order valence-electron chi connectivity index (χ3n) is 4.86. The fraction of sp³-hybridized carbons (Fsp3) is 0.368.